The number of hydrogen-bond donors (Lipinski definition) is 1. The molecule has 0 bridgehead atoms. The molecule has 2 aromatic rings. The number of amides is 1. The van der Waals surface area contributed by atoms with Crippen LogP contribution in [0.2, 0.25) is 0 Å². The summed E-state index contributed by atoms with van der Waals surface area (Å²) < 4.78 is 0. The normalized spacial score (nSPS) is 16.8. The maximum Gasteiger partial charge on any atom is 0.227 e. The standard InChI is InChI=1S/C20H26N2O2S/c1-14-19(25-15(2)21-14)13-20(24)22-10-8-17(9-11-22)18(23)12-16-6-4-3-5-7-16/h3-7,17-18,23H,8-13H2,1-2H3. The first-order chi connectivity index (χ1) is 12.0. The highest BCUT2D eigenvalue weighted by Crippen LogP contribution is 2.25. The Morgan fingerprint density at radius 1 is 1.28 bits per heavy atom. The molecule has 0 spiro atoms. The third-order valence-electron chi connectivity index (χ3n) is 5.04. The number of aliphatic hydroxyl groups excluding tert-OH is 1. The minimum Gasteiger partial charge on any atom is -0.392 e. The molecular weight excluding hydrogens is 332 g/mol. The van der Waals surface area contributed by atoms with Gasteiger partial charge in [-0.15, -0.1) is 11.3 Å². The number of aryl methyl sites for hydroxylation is 2. The Labute approximate surface area is 153 Å². The molecule has 1 N–H and O–H groups in total. The monoisotopic (exact) mass is 358 g/mol. The highest BCUT2D eigenvalue weighted by atomic mass is 32.1. The predicted molar refractivity (Wildman–Crippen MR) is 101 cm³/mol. The lowest BCUT2D eigenvalue weighted by Crippen LogP contribution is -2.42. The summed E-state index contributed by atoms with van der Waals surface area (Å²) in [5.41, 5.74) is 2.15. The van der Waals surface area contributed by atoms with Crippen LogP contribution in [0.1, 0.15) is 34.0 Å². The topological polar surface area (TPSA) is 53.4 Å². The SMILES string of the molecule is Cc1nc(C)c(CC(=O)N2CCC(C(O)Cc3ccccc3)CC2)s1. The summed E-state index contributed by atoms with van der Waals surface area (Å²) in [4.78, 5) is 20.0. The van der Waals surface area contributed by atoms with Gasteiger partial charge in [-0.3, -0.25) is 4.79 Å². The number of nitrogens with zero attached hydrogens (tertiary/aromatic N) is 2. The van der Waals surface area contributed by atoms with Crippen molar-refractivity contribution in [1.29, 1.82) is 0 Å². The largest absolute Gasteiger partial charge is 0.392 e. The fraction of sp³-hybridized carbons (Fsp3) is 0.500. The minimum absolute atomic E-state index is 0.183. The van der Waals surface area contributed by atoms with Gasteiger partial charge >= 0.3 is 0 Å². The zero-order valence-corrected chi connectivity index (χ0v) is 15.8. The van der Waals surface area contributed by atoms with Crippen molar-refractivity contribution in [3.05, 3.63) is 51.5 Å². The molecule has 1 fully saturated rings. The molecule has 1 aromatic heterocycles. The smallest absolute Gasteiger partial charge is 0.227 e. The molecule has 2 heterocycles. The summed E-state index contributed by atoms with van der Waals surface area (Å²) in [5, 5.41) is 11.5. The minimum atomic E-state index is -0.328. The van der Waals surface area contributed by atoms with E-state index in [-0.39, 0.29) is 17.9 Å². The Balaban J connectivity index is 1.49. The molecule has 1 unspecified atom stereocenters. The Hall–Kier alpha value is -1.72. The second-order valence-electron chi connectivity index (χ2n) is 6.89. The van der Waals surface area contributed by atoms with E-state index in [9.17, 15) is 9.90 Å². The average Bonchev–Trinajstić information content (AvgIpc) is 2.93. The van der Waals surface area contributed by atoms with Gasteiger partial charge in [0.05, 0.1) is 23.2 Å². The van der Waals surface area contributed by atoms with E-state index in [2.05, 4.69) is 17.1 Å². The summed E-state index contributed by atoms with van der Waals surface area (Å²) in [6, 6.07) is 10.1. The highest BCUT2D eigenvalue weighted by Gasteiger charge is 2.28. The molecule has 3 rings (SSSR count). The molecule has 1 saturated heterocycles. The van der Waals surface area contributed by atoms with Crippen molar-refractivity contribution < 1.29 is 9.90 Å². The Bertz CT molecular complexity index is 706. The van der Waals surface area contributed by atoms with Crippen molar-refractivity contribution in [2.75, 3.05) is 13.1 Å². The highest BCUT2D eigenvalue weighted by molar-refractivity contribution is 7.11. The molecule has 4 nitrogen and oxygen atoms in total. The van der Waals surface area contributed by atoms with Gasteiger partial charge in [0.25, 0.3) is 0 Å². The van der Waals surface area contributed by atoms with Gasteiger partial charge in [-0.1, -0.05) is 30.3 Å². The van der Waals surface area contributed by atoms with E-state index in [1.807, 2.05) is 36.9 Å². The first kappa shape index (κ1) is 18.1. The van der Waals surface area contributed by atoms with Crippen molar-refractivity contribution in [3.8, 4) is 0 Å². The molecule has 0 saturated carbocycles. The third-order valence-corrected chi connectivity index (χ3v) is 6.11. The van der Waals surface area contributed by atoms with E-state index < -0.39 is 0 Å². The lowest BCUT2D eigenvalue weighted by atomic mass is 9.88. The van der Waals surface area contributed by atoms with Gasteiger partial charge in [0, 0.05) is 18.0 Å². The molecule has 1 aliphatic heterocycles. The van der Waals surface area contributed by atoms with Crippen LogP contribution in [0.5, 0.6) is 0 Å². The van der Waals surface area contributed by atoms with Crippen molar-refractivity contribution in [2.45, 2.75) is 45.6 Å². The zero-order valence-electron chi connectivity index (χ0n) is 14.9. The molecule has 1 aliphatic rings. The van der Waals surface area contributed by atoms with E-state index in [0.29, 0.717) is 12.8 Å². The van der Waals surface area contributed by atoms with Crippen LogP contribution < -0.4 is 0 Å². The maximum absolute atomic E-state index is 12.5. The van der Waals surface area contributed by atoms with E-state index in [1.165, 1.54) is 5.56 Å². The van der Waals surface area contributed by atoms with Gasteiger partial charge in [-0.25, -0.2) is 4.98 Å². The second-order valence-corrected chi connectivity index (χ2v) is 8.18. The van der Waals surface area contributed by atoms with E-state index >= 15 is 0 Å². The van der Waals surface area contributed by atoms with Gasteiger partial charge in [-0.2, -0.15) is 0 Å². The Morgan fingerprint density at radius 3 is 2.56 bits per heavy atom. The summed E-state index contributed by atoms with van der Waals surface area (Å²) in [7, 11) is 0. The molecule has 1 aromatic carbocycles. The molecule has 5 heteroatoms. The first-order valence-electron chi connectivity index (χ1n) is 8.95. The summed E-state index contributed by atoms with van der Waals surface area (Å²) in [6.45, 7) is 5.43. The molecular formula is C20H26N2O2S. The fourth-order valence-electron chi connectivity index (χ4n) is 3.54. The van der Waals surface area contributed by atoms with E-state index in [1.54, 1.807) is 11.3 Å². The Morgan fingerprint density at radius 2 is 1.96 bits per heavy atom. The second kappa shape index (κ2) is 8.11. The van der Waals surface area contributed by atoms with Crippen LogP contribution in [-0.4, -0.2) is 40.1 Å². The molecule has 25 heavy (non-hydrogen) atoms. The van der Waals surface area contributed by atoms with Crippen LogP contribution in [0, 0.1) is 19.8 Å². The van der Waals surface area contributed by atoms with Gasteiger partial charge in [0.15, 0.2) is 0 Å². The maximum atomic E-state index is 12.5. The lowest BCUT2D eigenvalue weighted by molar-refractivity contribution is -0.132. The fourth-order valence-corrected chi connectivity index (χ4v) is 4.47. The van der Waals surface area contributed by atoms with Crippen LogP contribution in [0.3, 0.4) is 0 Å². The van der Waals surface area contributed by atoms with Crippen molar-refractivity contribution in [3.63, 3.8) is 0 Å². The van der Waals surface area contributed by atoms with Crippen molar-refractivity contribution in [1.82, 2.24) is 9.88 Å². The number of rotatable bonds is 5. The first-order valence-corrected chi connectivity index (χ1v) is 9.77. The number of aliphatic hydroxyl groups is 1. The Kier molecular flexibility index (Phi) is 5.86. The van der Waals surface area contributed by atoms with Crippen LogP contribution in [0.4, 0.5) is 0 Å². The predicted octanol–water partition coefficient (Wildman–Crippen LogP) is 3.14. The number of hydrogen-bond acceptors (Lipinski definition) is 4. The van der Waals surface area contributed by atoms with Gasteiger partial charge in [-0.05, 0) is 44.6 Å². The van der Waals surface area contributed by atoms with Gasteiger partial charge in [0.1, 0.15) is 0 Å². The van der Waals surface area contributed by atoms with Gasteiger partial charge < -0.3 is 10.0 Å². The van der Waals surface area contributed by atoms with E-state index in [4.69, 9.17) is 0 Å². The molecule has 1 atom stereocenters. The third kappa shape index (κ3) is 4.67. The van der Waals surface area contributed by atoms with E-state index in [0.717, 1.165) is 41.5 Å². The van der Waals surface area contributed by atoms with Crippen LogP contribution in [0.15, 0.2) is 30.3 Å². The van der Waals surface area contributed by atoms with Crippen LogP contribution >= 0.6 is 11.3 Å². The molecule has 0 radical (unpaired) electrons. The van der Waals surface area contributed by atoms with Gasteiger partial charge in [0.2, 0.25) is 5.91 Å². The van der Waals surface area contributed by atoms with Crippen molar-refractivity contribution in [2.24, 2.45) is 5.92 Å². The number of benzene rings is 1. The van der Waals surface area contributed by atoms with Crippen LogP contribution in [-0.2, 0) is 17.6 Å². The number of thiazole rings is 1. The summed E-state index contributed by atoms with van der Waals surface area (Å²) >= 11 is 1.61. The van der Waals surface area contributed by atoms with Crippen LogP contribution in [0.25, 0.3) is 0 Å². The molecule has 134 valence electrons. The number of carbonyl (C=O) groups is 1. The van der Waals surface area contributed by atoms with Crippen molar-refractivity contribution >= 4 is 17.2 Å². The average molecular weight is 359 g/mol. The summed E-state index contributed by atoms with van der Waals surface area (Å²) in [5.74, 6) is 0.458. The number of likely N-dealkylation sites (tertiary alicyclic amines) is 1. The molecule has 0 aliphatic carbocycles. The molecule has 1 amide bonds. The lowest BCUT2D eigenvalue weighted by Gasteiger charge is -2.34. The number of aromatic nitrogens is 1. The quantitative estimate of drug-likeness (QED) is 0.893. The summed E-state index contributed by atoms with van der Waals surface area (Å²) in [6.07, 6.45) is 2.57. The number of piperidine rings is 1. The zero-order chi connectivity index (χ0) is 17.8. The number of carbonyl (C=O) groups excluding carboxylic acids is 1.